The number of nitrogens with one attached hydrogen (secondary N) is 2. The van der Waals surface area contributed by atoms with Gasteiger partial charge < -0.3 is 10.6 Å². The number of hydrogen-bond donors (Lipinski definition) is 2. The number of urea groups is 1. The van der Waals surface area contributed by atoms with Crippen LogP contribution in [0.4, 0.5) is 23.7 Å². The van der Waals surface area contributed by atoms with Crippen LogP contribution in [0.15, 0.2) is 30.5 Å². The molecule has 0 unspecified atom stereocenters. The molecular formula is C11H10ClF3N2O. The number of amides is 2. The molecule has 0 saturated carbocycles. The molecule has 1 rings (SSSR count). The molecule has 0 spiro atoms. The third kappa shape index (κ3) is 3.96. The zero-order valence-electron chi connectivity index (χ0n) is 9.36. The van der Waals surface area contributed by atoms with Crippen molar-refractivity contribution in [3.05, 3.63) is 41.1 Å². The fraction of sp³-hybridized carbons (Fsp3) is 0.182. The molecule has 18 heavy (non-hydrogen) atoms. The van der Waals surface area contributed by atoms with E-state index in [-0.39, 0.29) is 5.69 Å². The molecule has 3 nitrogen and oxygen atoms in total. The van der Waals surface area contributed by atoms with Crippen LogP contribution >= 0.6 is 11.6 Å². The molecule has 0 aromatic heterocycles. The van der Waals surface area contributed by atoms with E-state index in [9.17, 15) is 18.0 Å². The molecule has 0 aliphatic carbocycles. The summed E-state index contributed by atoms with van der Waals surface area (Å²) < 4.78 is 37.6. The van der Waals surface area contributed by atoms with E-state index in [1.54, 1.807) is 6.92 Å². The number of rotatable bonds is 2. The van der Waals surface area contributed by atoms with Crippen LogP contribution in [-0.2, 0) is 6.18 Å². The van der Waals surface area contributed by atoms with E-state index >= 15 is 0 Å². The minimum atomic E-state index is -4.57. The fourth-order valence-corrected chi connectivity index (χ4v) is 1.40. The summed E-state index contributed by atoms with van der Waals surface area (Å²) in [5.41, 5.74) is -0.639. The maximum Gasteiger partial charge on any atom is 0.417 e. The van der Waals surface area contributed by atoms with Crippen molar-refractivity contribution in [1.82, 2.24) is 5.32 Å². The highest BCUT2D eigenvalue weighted by atomic mass is 35.5. The Morgan fingerprint density at radius 3 is 2.50 bits per heavy atom. The van der Waals surface area contributed by atoms with Crippen LogP contribution in [0.1, 0.15) is 12.5 Å². The van der Waals surface area contributed by atoms with Gasteiger partial charge in [-0.2, -0.15) is 13.2 Å². The van der Waals surface area contributed by atoms with Gasteiger partial charge in [-0.25, -0.2) is 4.79 Å². The second kappa shape index (κ2) is 5.30. The van der Waals surface area contributed by atoms with Crippen molar-refractivity contribution in [3.8, 4) is 0 Å². The van der Waals surface area contributed by atoms with Gasteiger partial charge in [0.25, 0.3) is 0 Å². The zero-order valence-corrected chi connectivity index (χ0v) is 10.1. The Hall–Kier alpha value is -1.69. The first kappa shape index (κ1) is 14.4. The second-order valence-corrected chi connectivity index (χ2v) is 3.96. The molecule has 98 valence electrons. The van der Waals surface area contributed by atoms with Crippen molar-refractivity contribution in [2.75, 3.05) is 5.32 Å². The normalized spacial score (nSPS) is 10.9. The SMILES string of the molecule is C=C(C)NC(=O)Nc1ccc(Cl)c(C(F)(F)F)c1. The van der Waals surface area contributed by atoms with Crippen LogP contribution in [0.5, 0.6) is 0 Å². The van der Waals surface area contributed by atoms with Crippen LogP contribution in [0.2, 0.25) is 5.02 Å². The molecule has 1 aromatic carbocycles. The Morgan fingerprint density at radius 2 is 2.00 bits per heavy atom. The van der Waals surface area contributed by atoms with Gasteiger partial charge in [0.1, 0.15) is 0 Å². The Balaban J connectivity index is 2.92. The van der Waals surface area contributed by atoms with Gasteiger partial charge in [-0.05, 0) is 25.1 Å². The van der Waals surface area contributed by atoms with Crippen LogP contribution in [0.25, 0.3) is 0 Å². The summed E-state index contributed by atoms with van der Waals surface area (Å²) in [6, 6.07) is 2.44. The maximum absolute atomic E-state index is 12.5. The largest absolute Gasteiger partial charge is 0.417 e. The molecule has 0 fully saturated rings. The van der Waals surface area contributed by atoms with E-state index in [1.165, 1.54) is 6.07 Å². The highest BCUT2D eigenvalue weighted by Gasteiger charge is 2.33. The number of allylic oxidation sites excluding steroid dienone is 1. The van der Waals surface area contributed by atoms with E-state index in [1.807, 2.05) is 0 Å². The number of carbonyl (C=O) groups is 1. The third-order valence-corrected chi connectivity index (χ3v) is 2.19. The number of hydrogen-bond acceptors (Lipinski definition) is 1. The smallest absolute Gasteiger partial charge is 0.312 e. The molecule has 0 atom stereocenters. The summed E-state index contributed by atoms with van der Waals surface area (Å²) in [5.74, 6) is 0. The Bertz CT molecular complexity index is 486. The van der Waals surface area contributed by atoms with Crippen molar-refractivity contribution in [2.24, 2.45) is 0 Å². The number of carbonyl (C=O) groups excluding carboxylic acids is 1. The molecule has 1 aromatic rings. The number of benzene rings is 1. The first-order chi connectivity index (χ1) is 8.20. The zero-order chi connectivity index (χ0) is 13.9. The van der Waals surface area contributed by atoms with Crippen molar-refractivity contribution >= 4 is 23.3 Å². The molecule has 7 heteroatoms. The molecule has 0 saturated heterocycles. The standard InChI is InChI=1S/C11H10ClF3N2O/c1-6(2)16-10(18)17-7-3-4-9(12)8(5-7)11(13,14)15/h3-5H,1H2,2H3,(H2,16,17,18). The minimum absolute atomic E-state index is 0.00882. The lowest BCUT2D eigenvalue weighted by molar-refractivity contribution is -0.137. The number of anilines is 1. The molecule has 0 radical (unpaired) electrons. The monoisotopic (exact) mass is 278 g/mol. The van der Waals surface area contributed by atoms with Crippen molar-refractivity contribution in [2.45, 2.75) is 13.1 Å². The Kier molecular flexibility index (Phi) is 4.24. The maximum atomic E-state index is 12.5. The molecule has 0 bridgehead atoms. The minimum Gasteiger partial charge on any atom is -0.312 e. The van der Waals surface area contributed by atoms with E-state index in [4.69, 9.17) is 11.6 Å². The van der Waals surface area contributed by atoms with Gasteiger partial charge in [0, 0.05) is 11.4 Å². The average molecular weight is 279 g/mol. The summed E-state index contributed by atoms with van der Waals surface area (Å²) in [5, 5.41) is 4.13. The quantitative estimate of drug-likeness (QED) is 0.843. The lowest BCUT2D eigenvalue weighted by Crippen LogP contribution is -2.26. The molecule has 0 aliphatic rings. The van der Waals surface area contributed by atoms with Gasteiger partial charge >= 0.3 is 12.2 Å². The van der Waals surface area contributed by atoms with Gasteiger partial charge in [0.15, 0.2) is 0 Å². The molecule has 2 N–H and O–H groups in total. The predicted molar refractivity (Wildman–Crippen MR) is 63.4 cm³/mol. The van der Waals surface area contributed by atoms with Crippen LogP contribution in [0, 0.1) is 0 Å². The van der Waals surface area contributed by atoms with Crippen LogP contribution in [-0.4, -0.2) is 6.03 Å². The van der Waals surface area contributed by atoms with E-state index < -0.39 is 22.8 Å². The summed E-state index contributed by atoms with van der Waals surface area (Å²) in [6.45, 7) is 4.98. The van der Waals surface area contributed by atoms with Crippen LogP contribution < -0.4 is 10.6 Å². The number of halogens is 4. The van der Waals surface area contributed by atoms with Gasteiger partial charge in [-0.1, -0.05) is 18.2 Å². The first-order valence-corrected chi connectivity index (χ1v) is 5.18. The van der Waals surface area contributed by atoms with E-state index in [0.717, 1.165) is 12.1 Å². The summed E-state index contributed by atoms with van der Waals surface area (Å²) in [4.78, 5) is 11.3. The second-order valence-electron chi connectivity index (χ2n) is 3.55. The molecule has 0 aliphatic heterocycles. The third-order valence-electron chi connectivity index (χ3n) is 1.86. The van der Waals surface area contributed by atoms with Crippen LogP contribution in [0.3, 0.4) is 0 Å². The van der Waals surface area contributed by atoms with Gasteiger partial charge in [-0.15, -0.1) is 0 Å². The van der Waals surface area contributed by atoms with Gasteiger partial charge in [0.05, 0.1) is 10.6 Å². The van der Waals surface area contributed by atoms with E-state index in [2.05, 4.69) is 17.2 Å². The highest BCUT2D eigenvalue weighted by molar-refractivity contribution is 6.31. The highest BCUT2D eigenvalue weighted by Crippen LogP contribution is 2.36. The van der Waals surface area contributed by atoms with Crippen molar-refractivity contribution in [3.63, 3.8) is 0 Å². The first-order valence-electron chi connectivity index (χ1n) is 4.80. The van der Waals surface area contributed by atoms with E-state index in [0.29, 0.717) is 5.70 Å². The summed E-state index contributed by atoms with van der Waals surface area (Å²) >= 11 is 5.44. The molecule has 2 amide bonds. The average Bonchev–Trinajstić information content (AvgIpc) is 2.17. The lowest BCUT2D eigenvalue weighted by atomic mass is 10.2. The topological polar surface area (TPSA) is 41.1 Å². The molecule has 0 heterocycles. The summed E-state index contributed by atoms with van der Waals surface area (Å²) in [6.07, 6.45) is -4.57. The Morgan fingerprint density at radius 1 is 1.39 bits per heavy atom. The van der Waals surface area contributed by atoms with Crippen molar-refractivity contribution in [1.29, 1.82) is 0 Å². The number of alkyl halides is 3. The lowest BCUT2D eigenvalue weighted by Gasteiger charge is -2.12. The van der Waals surface area contributed by atoms with Gasteiger partial charge in [-0.3, -0.25) is 0 Å². The Labute approximate surface area is 107 Å². The predicted octanol–water partition coefficient (Wildman–Crippen LogP) is 4.01. The molecular weight excluding hydrogens is 269 g/mol. The fourth-order valence-electron chi connectivity index (χ4n) is 1.18. The van der Waals surface area contributed by atoms with Crippen molar-refractivity contribution < 1.29 is 18.0 Å². The summed E-state index contributed by atoms with van der Waals surface area (Å²) in [7, 11) is 0. The van der Waals surface area contributed by atoms with Gasteiger partial charge in [0.2, 0.25) is 0 Å².